The number of sulfonamides is 1. The number of nitrogens with one attached hydrogen (secondary N) is 1. The highest BCUT2D eigenvalue weighted by atomic mass is 35.5. The third-order valence-electron chi connectivity index (χ3n) is 2.57. The van der Waals surface area contributed by atoms with Gasteiger partial charge in [-0.05, 0) is 30.3 Å². The summed E-state index contributed by atoms with van der Waals surface area (Å²) < 4.78 is 26.6. The lowest BCUT2D eigenvalue weighted by Crippen LogP contribution is -2.13. The molecule has 0 spiro atoms. The Morgan fingerprint density at radius 2 is 1.68 bits per heavy atom. The van der Waals surface area contributed by atoms with E-state index in [2.05, 4.69) is 4.72 Å². The van der Waals surface area contributed by atoms with E-state index in [0.717, 1.165) is 18.2 Å². The zero-order valence-electron chi connectivity index (χ0n) is 10.7. The highest BCUT2D eigenvalue weighted by molar-refractivity contribution is 7.92. The van der Waals surface area contributed by atoms with Gasteiger partial charge >= 0.3 is 5.69 Å². The van der Waals surface area contributed by atoms with Gasteiger partial charge in [0.25, 0.3) is 10.0 Å². The largest absolute Gasteiger partial charge is 0.502 e. The number of nitrogens with zero attached hydrogens (tertiary/aromatic N) is 1. The normalized spacial score (nSPS) is 11.2. The molecule has 2 aromatic carbocycles. The molecule has 2 aromatic rings. The summed E-state index contributed by atoms with van der Waals surface area (Å²) in [5, 5.41) is 20.5. The molecule has 0 radical (unpaired) electrons. The van der Waals surface area contributed by atoms with Gasteiger partial charge in [0.15, 0.2) is 5.75 Å². The number of phenols is 1. The van der Waals surface area contributed by atoms with Crippen LogP contribution in [0, 0.1) is 10.1 Å². The monoisotopic (exact) mass is 362 g/mol. The molecule has 0 heterocycles. The van der Waals surface area contributed by atoms with Gasteiger partial charge in [-0.1, -0.05) is 23.2 Å². The Kier molecular flexibility index (Phi) is 4.45. The van der Waals surface area contributed by atoms with Crippen molar-refractivity contribution in [1.29, 1.82) is 0 Å². The minimum Gasteiger partial charge on any atom is -0.502 e. The lowest BCUT2D eigenvalue weighted by atomic mass is 10.3. The summed E-state index contributed by atoms with van der Waals surface area (Å²) in [6.07, 6.45) is 0. The molecule has 0 unspecified atom stereocenters. The van der Waals surface area contributed by atoms with Crippen LogP contribution in [0.25, 0.3) is 0 Å². The van der Waals surface area contributed by atoms with Crippen LogP contribution >= 0.6 is 23.2 Å². The Balaban J connectivity index is 2.42. The summed E-state index contributed by atoms with van der Waals surface area (Å²) >= 11 is 11.5. The topological polar surface area (TPSA) is 110 Å². The second-order valence-electron chi connectivity index (χ2n) is 4.17. The van der Waals surface area contributed by atoms with E-state index in [1.54, 1.807) is 0 Å². The molecular formula is C12H8Cl2N2O5S. The predicted octanol–water partition coefficient (Wildman–Crippen LogP) is 3.41. The fraction of sp³-hybridized carbons (Fsp3) is 0. The van der Waals surface area contributed by atoms with Gasteiger partial charge in [-0.2, -0.15) is 0 Å². The van der Waals surface area contributed by atoms with Gasteiger partial charge in [0.2, 0.25) is 0 Å². The molecular weight excluding hydrogens is 355 g/mol. The molecule has 0 aliphatic rings. The van der Waals surface area contributed by atoms with Crippen LogP contribution in [0.3, 0.4) is 0 Å². The standard InChI is InChI=1S/C12H8Cl2N2O5S/c13-7-3-8(14)5-9(4-7)15-22(20,21)10-1-2-12(17)11(6-10)16(18)19/h1-6,15,17H. The number of anilines is 1. The van der Waals surface area contributed by atoms with E-state index < -0.39 is 26.4 Å². The zero-order valence-corrected chi connectivity index (χ0v) is 13.0. The summed E-state index contributed by atoms with van der Waals surface area (Å²) in [4.78, 5) is 9.48. The van der Waals surface area contributed by atoms with Gasteiger partial charge < -0.3 is 5.11 Å². The van der Waals surface area contributed by atoms with Crippen LogP contribution in [-0.2, 0) is 10.0 Å². The van der Waals surface area contributed by atoms with E-state index in [0.29, 0.717) is 0 Å². The molecule has 0 bridgehead atoms. The van der Waals surface area contributed by atoms with Crippen LogP contribution < -0.4 is 4.72 Å². The Morgan fingerprint density at radius 1 is 1.09 bits per heavy atom. The first kappa shape index (κ1) is 16.3. The van der Waals surface area contributed by atoms with E-state index in [4.69, 9.17) is 23.2 Å². The first-order valence-corrected chi connectivity index (χ1v) is 7.89. The molecule has 0 fully saturated rings. The van der Waals surface area contributed by atoms with Gasteiger partial charge in [-0.15, -0.1) is 0 Å². The Morgan fingerprint density at radius 3 is 2.23 bits per heavy atom. The number of phenolic OH excluding ortho intramolecular Hbond substituents is 1. The maximum absolute atomic E-state index is 12.2. The van der Waals surface area contributed by atoms with Gasteiger partial charge in [0, 0.05) is 16.1 Å². The van der Waals surface area contributed by atoms with E-state index in [1.807, 2.05) is 0 Å². The van der Waals surface area contributed by atoms with E-state index in [9.17, 15) is 23.6 Å². The van der Waals surface area contributed by atoms with Crippen molar-refractivity contribution in [2.75, 3.05) is 4.72 Å². The third-order valence-corrected chi connectivity index (χ3v) is 4.38. The number of rotatable bonds is 4. The summed E-state index contributed by atoms with van der Waals surface area (Å²) in [5.41, 5.74) is -0.611. The van der Waals surface area contributed by atoms with Crippen molar-refractivity contribution < 1.29 is 18.4 Å². The minimum absolute atomic E-state index is 0.105. The van der Waals surface area contributed by atoms with Crippen LogP contribution in [0.4, 0.5) is 11.4 Å². The lowest BCUT2D eigenvalue weighted by molar-refractivity contribution is -0.386. The van der Waals surface area contributed by atoms with Gasteiger partial charge in [-0.25, -0.2) is 8.42 Å². The molecule has 2 rings (SSSR count). The van der Waals surface area contributed by atoms with Gasteiger partial charge in [0.1, 0.15) is 0 Å². The molecule has 22 heavy (non-hydrogen) atoms. The highest BCUT2D eigenvalue weighted by Gasteiger charge is 2.21. The van der Waals surface area contributed by atoms with Crippen molar-refractivity contribution in [3.05, 3.63) is 56.6 Å². The number of halogens is 2. The van der Waals surface area contributed by atoms with Crippen LogP contribution in [0.15, 0.2) is 41.3 Å². The van der Waals surface area contributed by atoms with Gasteiger partial charge in [-0.3, -0.25) is 14.8 Å². The SMILES string of the molecule is O=[N+]([O-])c1cc(S(=O)(=O)Nc2cc(Cl)cc(Cl)c2)ccc1O. The molecule has 0 amide bonds. The second kappa shape index (κ2) is 5.99. The first-order valence-electron chi connectivity index (χ1n) is 5.65. The van der Waals surface area contributed by atoms with E-state index in [-0.39, 0.29) is 20.6 Å². The number of hydrogen-bond donors (Lipinski definition) is 2. The first-order chi connectivity index (χ1) is 10.2. The smallest absolute Gasteiger partial charge is 0.312 e. The summed E-state index contributed by atoms with van der Waals surface area (Å²) in [6.45, 7) is 0. The summed E-state index contributed by atoms with van der Waals surface area (Å²) in [6, 6.07) is 6.81. The minimum atomic E-state index is -4.10. The van der Waals surface area contributed by atoms with Crippen LogP contribution in [0.2, 0.25) is 10.0 Å². The maximum atomic E-state index is 12.2. The second-order valence-corrected chi connectivity index (χ2v) is 6.73. The predicted molar refractivity (Wildman–Crippen MR) is 82.0 cm³/mol. The van der Waals surface area contributed by atoms with Crippen molar-refractivity contribution in [2.45, 2.75) is 4.90 Å². The molecule has 7 nitrogen and oxygen atoms in total. The molecule has 10 heteroatoms. The number of nitro benzene ring substituents is 1. The van der Waals surface area contributed by atoms with Crippen LogP contribution in [-0.4, -0.2) is 18.4 Å². The molecule has 2 N–H and O–H groups in total. The Bertz CT molecular complexity index is 834. The number of hydrogen-bond acceptors (Lipinski definition) is 5. The van der Waals surface area contributed by atoms with Crippen molar-refractivity contribution in [3.63, 3.8) is 0 Å². The van der Waals surface area contributed by atoms with E-state index in [1.165, 1.54) is 18.2 Å². The van der Waals surface area contributed by atoms with Crippen molar-refractivity contribution >= 4 is 44.6 Å². The van der Waals surface area contributed by atoms with Crippen LogP contribution in [0.1, 0.15) is 0 Å². The Hall–Kier alpha value is -2.03. The maximum Gasteiger partial charge on any atom is 0.312 e. The molecule has 0 aliphatic carbocycles. The summed E-state index contributed by atoms with van der Waals surface area (Å²) in [7, 11) is -4.10. The quantitative estimate of drug-likeness (QED) is 0.639. The average Bonchev–Trinajstić information content (AvgIpc) is 2.36. The molecule has 0 atom stereocenters. The lowest BCUT2D eigenvalue weighted by Gasteiger charge is -2.09. The molecule has 0 saturated carbocycles. The van der Waals surface area contributed by atoms with E-state index >= 15 is 0 Å². The molecule has 0 aliphatic heterocycles. The third kappa shape index (κ3) is 3.59. The van der Waals surface area contributed by atoms with Crippen molar-refractivity contribution in [1.82, 2.24) is 0 Å². The fourth-order valence-corrected chi connectivity index (χ4v) is 3.23. The number of aromatic hydroxyl groups is 1. The average molecular weight is 363 g/mol. The summed E-state index contributed by atoms with van der Waals surface area (Å²) in [5.74, 6) is -0.630. The Labute approximate surface area is 135 Å². The van der Waals surface area contributed by atoms with Crippen molar-refractivity contribution in [3.8, 4) is 5.75 Å². The van der Waals surface area contributed by atoms with Crippen molar-refractivity contribution in [2.24, 2.45) is 0 Å². The highest BCUT2D eigenvalue weighted by Crippen LogP contribution is 2.30. The fourth-order valence-electron chi connectivity index (χ4n) is 1.64. The van der Waals surface area contributed by atoms with Crippen LogP contribution in [0.5, 0.6) is 5.75 Å². The molecule has 0 aromatic heterocycles. The number of nitro groups is 1. The molecule has 0 saturated heterocycles. The number of benzene rings is 2. The molecule has 116 valence electrons. The zero-order chi connectivity index (χ0) is 16.5. The van der Waals surface area contributed by atoms with Gasteiger partial charge in [0.05, 0.1) is 15.5 Å².